The number of benzene rings is 1. The second-order valence-electron chi connectivity index (χ2n) is 4.96. The van der Waals surface area contributed by atoms with Crippen molar-refractivity contribution in [1.29, 1.82) is 0 Å². The van der Waals surface area contributed by atoms with Crippen molar-refractivity contribution in [3.8, 4) is 0 Å². The van der Waals surface area contributed by atoms with Crippen LogP contribution in [-0.4, -0.2) is 28.6 Å². The fraction of sp³-hybridized carbons (Fsp3) is 0.333. The van der Waals surface area contributed by atoms with Crippen LogP contribution in [0.3, 0.4) is 0 Å². The molecule has 0 fully saturated rings. The molecule has 1 aliphatic heterocycles. The molecule has 0 saturated heterocycles. The normalized spacial score (nSPS) is 14.4. The maximum Gasteiger partial charge on any atom is 0.133 e. The third kappa shape index (κ3) is 2.03. The number of nitrogens with one attached hydrogen (secondary N) is 1. The number of hydrogen-bond donors (Lipinski definition) is 1. The summed E-state index contributed by atoms with van der Waals surface area (Å²) in [6.45, 7) is 5.78. The molecule has 0 bridgehead atoms. The summed E-state index contributed by atoms with van der Waals surface area (Å²) in [5, 5.41) is 7.92. The summed E-state index contributed by atoms with van der Waals surface area (Å²) in [5.74, 6) is 1.07. The van der Waals surface area contributed by atoms with Crippen molar-refractivity contribution < 1.29 is 0 Å². The molecule has 1 aromatic heterocycles. The number of rotatable bonds is 1. The van der Waals surface area contributed by atoms with Crippen LogP contribution in [0.1, 0.15) is 22.4 Å². The van der Waals surface area contributed by atoms with Gasteiger partial charge in [0.15, 0.2) is 0 Å². The monoisotopic (exact) mass is 254 g/mol. The number of fused-ring (bicyclic) bond motifs is 1. The van der Waals surface area contributed by atoms with Gasteiger partial charge in [-0.1, -0.05) is 23.8 Å². The highest BCUT2D eigenvalue weighted by atomic mass is 15.3. The van der Waals surface area contributed by atoms with Crippen LogP contribution in [0.25, 0.3) is 0 Å². The van der Waals surface area contributed by atoms with Crippen LogP contribution in [0.15, 0.2) is 29.3 Å². The molecule has 0 radical (unpaired) electrons. The molecule has 4 nitrogen and oxygen atoms in total. The molecule has 0 unspecified atom stereocenters. The highest BCUT2D eigenvalue weighted by molar-refractivity contribution is 6.16. The number of aliphatic imine (C=N–C) groups is 1. The summed E-state index contributed by atoms with van der Waals surface area (Å²) in [4.78, 5) is 4.75. The topological polar surface area (TPSA) is 42.2 Å². The van der Waals surface area contributed by atoms with Gasteiger partial charge in [-0.25, -0.2) is 0 Å². The lowest BCUT2D eigenvalue weighted by molar-refractivity contribution is 0.758. The van der Waals surface area contributed by atoms with Gasteiger partial charge in [-0.2, -0.15) is 5.10 Å². The first-order valence-electron chi connectivity index (χ1n) is 6.56. The molecule has 19 heavy (non-hydrogen) atoms. The molecular formula is C15H18N4. The van der Waals surface area contributed by atoms with Gasteiger partial charge in [0.1, 0.15) is 5.82 Å². The zero-order chi connectivity index (χ0) is 13.4. The van der Waals surface area contributed by atoms with Crippen LogP contribution in [0.2, 0.25) is 0 Å². The lowest BCUT2D eigenvalue weighted by Crippen LogP contribution is -2.08. The fourth-order valence-electron chi connectivity index (χ4n) is 2.59. The average molecular weight is 254 g/mol. The predicted octanol–water partition coefficient (Wildman–Crippen LogP) is 2.30. The first-order chi connectivity index (χ1) is 9.16. The summed E-state index contributed by atoms with van der Waals surface area (Å²) in [6.07, 6.45) is 0. The molecule has 1 aliphatic rings. The van der Waals surface area contributed by atoms with E-state index in [0.717, 1.165) is 35.9 Å². The minimum Gasteiger partial charge on any atom is -0.368 e. The third-order valence-corrected chi connectivity index (χ3v) is 3.42. The minimum absolute atomic E-state index is 0.789. The molecule has 3 rings (SSSR count). The molecule has 98 valence electrons. The molecular weight excluding hydrogens is 236 g/mol. The van der Waals surface area contributed by atoms with E-state index < -0.39 is 0 Å². The van der Waals surface area contributed by atoms with Crippen molar-refractivity contribution in [2.75, 3.05) is 18.4 Å². The fourth-order valence-corrected chi connectivity index (χ4v) is 2.59. The van der Waals surface area contributed by atoms with Crippen LogP contribution in [0.5, 0.6) is 0 Å². The van der Waals surface area contributed by atoms with E-state index in [0.29, 0.717) is 0 Å². The molecule has 2 aromatic rings. The van der Waals surface area contributed by atoms with E-state index in [1.165, 1.54) is 11.1 Å². The zero-order valence-electron chi connectivity index (χ0n) is 11.6. The Bertz CT molecular complexity index is 652. The van der Waals surface area contributed by atoms with Gasteiger partial charge >= 0.3 is 0 Å². The van der Waals surface area contributed by atoms with Crippen LogP contribution in [-0.2, 0) is 7.05 Å². The highest BCUT2D eigenvalue weighted by Gasteiger charge is 2.21. The van der Waals surface area contributed by atoms with Crippen molar-refractivity contribution in [3.05, 3.63) is 46.6 Å². The van der Waals surface area contributed by atoms with Crippen LogP contribution >= 0.6 is 0 Å². The predicted molar refractivity (Wildman–Crippen MR) is 78.1 cm³/mol. The standard InChI is InChI=1S/C15H18N4/c1-10-5-4-6-12(9-10)14-13-11(2)18-19(3)15(13)17-8-7-16-14/h4-6,9,17H,7-8H2,1-3H3. The minimum atomic E-state index is 0.789. The quantitative estimate of drug-likeness (QED) is 0.848. The number of aryl methyl sites for hydroxylation is 3. The van der Waals surface area contributed by atoms with Gasteiger partial charge in [-0.3, -0.25) is 9.67 Å². The molecule has 4 heteroatoms. The van der Waals surface area contributed by atoms with Crippen LogP contribution in [0.4, 0.5) is 5.82 Å². The SMILES string of the molecule is Cc1cccc(C2=NCCNc3c2c(C)nn3C)c1. The van der Waals surface area contributed by atoms with Crippen LogP contribution < -0.4 is 5.32 Å². The lowest BCUT2D eigenvalue weighted by atomic mass is 10.0. The van der Waals surface area contributed by atoms with E-state index in [4.69, 9.17) is 4.99 Å². The number of anilines is 1. The Labute approximate surface area is 113 Å². The van der Waals surface area contributed by atoms with E-state index in [-0.39, 0.29) is 0 Å². The third-order valence-electron chi connectivity index (χ3n) is 3.42. The molecule has 1 aromatic carbocycles. The summed E-state index contributed by atoms with van der Waals surface area (Å²) in [7, 11) is 1.97. The van der Waals surface area contributed by atoms with Gasteiger partial charge in [-0.05, 0) is 19.9 Å². The number of hydrogen-bond acceptors (Lipinski definition) is 3. The Morgan fingerprint density at radius 3 is 2.89 bits per heavy atom. The Kier molecular flexibility index (Phi) is 2.85. The van der Waals surface area contributed by atoms with E-state index in [9.17, 15) is 0 Å². The van der Waals surface area contributed by atoms with Gasteiger partial charge in [0.25, 0.3) is 0 Å². The van der Waals surface area contributed by atoms with Gasteiger partial charge in [0, 0.05) is 19.2 Å². The second kappa shape index (κ2) is 4.53. The number of aromatic nitrogens is 2. The highest BCUT2D eigenvalue weighted by Crippen LogP contribution is 2.25. The molecule has 0 aliphatic carbocycles. The lowest BCUT2D eigenvalue weighted by Gasteiger charge is -2.08. The zero-order valence-corrected chi connectivity index (χ0v) is 11.6. The van der Waals surface area contributed by atoms with Gasteiger partial charge in [-0.15, -0.1) is 0 Å². The van der Waals surface area contributed by atoms with Crippen molar-refractivity contribution in [2.24, 2.45) is 12.0 Å². The van der Waals surface area contributed by atoms with Gasteiger partial charge in [0.2, 0.25) is 0 Å². The second-order valence-corrected chi connectivity index (χ2v) is 4.96. The Morgan fingerprint density at radius 1 is 1.26 bits per heavy atom. The Morgan fingerprint density at radius 2 is 2.11 bits per heavy atom. The molecule has 0 saturated carbocycles. The summed E-state index contributed by atoms with van der Waals surface area (Å²) < 4.78 is 1.90. The maximum atomic E-state index is 4.75. The van der Waals surface area contributed by atoms with E-state index in [1.807, 2.05) is 18.7 Å². The number of nitrogens with zero attached hydrogens (tertiary/aromatic N) is 3. The van der Waals surface area contributed by atoms with Gasteiger partial charge in [0.05, 0.1) is 23.5 Å². The first kappa shape index (κ1) is 12.0. The molecule has 0 spiro atoms. The van der Waals surface area contributed by atoms with Crippen molar-refractivity contribution in [3.63, 3.8) is 0 Å². The maximum absolute atomic E-state index is 4.75. The largest absolute Gasteiger partial charge is 0.368 e. The summed E-state index contributed by atoms with van der Waals surface area (Å²) in [6, 6.07) is 8.49. The summed E-state index contributed by atoms with van der Waals surface area (Å²) >= 11 is 0. The van der Waals surface area contributed by atoms with Crippen LogP contribution in [0, 0.1) is 13.8 Å². The molecule has 2 heterocycles. The van der Waals surface area contributed by atoms with Crippen molar-refractivity contribution >= 4 is 11.5 Å². The van der Waals surface area contributed by atoms with Gasteiger partial charge < -0.3 is 5.32 Å². The first-order valence-corrected chi connectivity index (χ1v) is 6.56. The van der Waals surface area contributed by atoms with E-state index in [1.54, 1.807) is 0 Å². The van der Waals surface area contributed by atoms with E-state index in [2.05, 4.69) is 41.6 Å². The molecule has 0 atom stereocenters. The molecule has 1 N–H and O–H groups in total. The van der Waals surface area contributed by atoms with Crippen molar-refractivity contribution in [2.45, 2.75) is 13.8 Å². The Balaban J connectivity index is 2.20. The van der Waals surface area contributed by atoms with Crippen molar-refractivity contribution in [1.82, 2.24) is 9.78 Å². The average Bonchev–Trinajstić information content (AvgIpc) is 2.57. The van der Waals surface area contributed by atoms with E-state index >= 15 is 0 Å². The summed E-state index contributed by atoms with van der Waals surface area (Å²) in [5.41, 5.74) is 5.62. The Hall–Kier alpha value is -2.10. The molecule has 0 amide bonds. The smallest absolute Gasteiger partial charge is 0.133 e.